The molecule has 2 amide bonds. The molecule has 1 rings (SSSR count). The van der Waals surface area contributed by atoms with Gasteiger partial charge in [0.05, 0.1) is 13.2 Å². The van der Waals surface area contributed by atoms with Gasteiger partial charge in [0.25, 0.3) is 5.91 Å². The van der Waals surface area contributed by atoms with Crippen molar-refractivity contribution in [2.75, 3.05) is 13.2 Å². The molecule has 2 N–H and O–H groups in total. The number of rotatable bonds is 6. The Kier molecular flexibility index (Phi) is 6.56. The zero-order valence-corrected chi connectivity index (χ0v) is 13.4. The smallest absolute Gasteiger partial charge is 0.328 e. The quantitative estimate of drug-likeness (QED) is 0.771. The number of amides is 2. The molecule has 6 heteroatoms. The fourth-order valence-corrected chi connectivity index (χ4v) is 1.99. The van der Waals surface area contributed by atoms with E-state index in [9.17, 15) is 14.4 Å². The van der Waals surface area contributed by atoms with Crippen molar-refractivity contribution >= 4 is 17.8 Å². The molecule has 0 aliphatic heterocycles. The summed E-state index contributed by atoms with van der Waals surface area (Å²) in [6.45, 7) is 7.07. The van der Waals surface area contributed by atoms with Crippen molar-refractivity contribution in [3.05, 3.63) is 34.9 Å². The summed E-state index contributed by atoms with van der Waals surface area (Å²) in [4.78, 5) is 35.1. The van der Waals surface area contributed by atoms with Crippen molar-refractivity contribution in [3.8, 4) is 0 Å². The molecular formula is C16H22N2O4. The monoisotopic (exact) mass is 306 g/mol. The van der Waals surface area contributed by atoms with Crippen LogP contribution in [-0.4, -0.2) is 37.0 Å². The van der Waals surface area contributed by atoms with E-state index in [0.29, 0.717) is 5.56 Å². The summed E-state index contributed by atoms with van der Waals surface area (Å²) in [6, 6.07) is 4.72. The third kappa shape index (κ3) is 5.55. The lowest BCUT2D eigenvalue weighted by atomic mass is 10.1. The average molecular weight is 306 g/mol. The van der Waals surface area contributed by atoms with Crippen LogP contribution >= 0.6 is 0 Å². The summed E-state index contributed by atoms with van der Waals surface area (Å²) in [6.07, 6.45) is 0. The molecule has 6 nitrogen and oxygen atoms in total. The first-order valence-electron chi connectivity index (χ1n) is 7.16. The molecule has 0 spiro atoms. The lowest BCUT2D eigenvalue weighted by Crippen LogP contribution is -2.44. The first-order valence-corrected chi connectivity index (χ1v) is 7.16. The topological polar surface area (TPSA) is 84.5 Å². The summed E-state index contributed by atoms with van der Waals surface area (Å²) >= 11 is 0. The van der Waals surface area contributed by atoms with E-state index in [-0.39, 0.29) is 19.1 Å². The Morgan fingerprint density at radius 1 is 1.14 bits per heavy atom. The molecule has 22 heavy (non-hydrogen) atoms. The van der Waals surface area contributed by atoms with Crippen molar-refractivity contribution in [3.63, 3.8) is 0 Å². The molecule has 0 saturated carbocycles. The van der Waals surface area contributed by atoms with Crippen LogP contribution in [0.15, 0.2) is 18.2 Å². The van der Waals surface area contributed by atoms with Gasteiger partial charge in [-0.25, -0.2) is 4.79 Å². The molecule has 0 unspecified atom stereocenters. The fourth-order valence-electron chi connectivity index (χ4n) is 1.99. The van der Waals surface area contributed by atoms with E-state index >= 15 is 0 Å². The van der Waals surface area contributed by atoms with Gasteiger partial charge in [-0.05, 0) is 39.8 Å². The van der Waals surface area contributed by atoms with Crippen molar-refractivity contribution in [1.29, 1.82) is 0 Å². The number of nitrogens with one attached hydrogen (secondary N) is 2. The van der Waals surface area contributed by atoms with E-state index in [1.807, 2.05) is 19.9 Å². The first kappa shape index (κ1) is 17.7. The maximum atomic E-state index is 12.0. The molecule has 0 heterocycles. The van der Waals surface area contributed by atoms with E-state index in [1.165, 1.54) is 6.92 Å². The van der Waals surface area contributed by atoms with Crippen LogP contribution in [0.3, 0.4) is 0 Å². The van der Waals surface area contributed by atoms with Gasteiger partial charge >= 0.3 is 5.97 Å². The summed E-state index contributed by atoms with van der Waals surface area (Å²) in [5.74, 6) is -1.28. The maximum Gasteiger partial charge on any atom is 0.328 e. The molecule has 0 aliphatic carbocycles. The van der Waals surface area contributed by atoms with Gasteiger partial charge in [-0.1, -0.05) is 17.2 Å². The molecule has 0 radical (unpaired) electrons. The van der Waals surface area contributed by atoms with Crippen molar-refractivity contribution < 1.29 is 19.1 Å². The van der Waals surface area contributed by atoms with Gasteiger partial charge in [-0.15, -0.1) is 0 Å². The zero-order chi connectivity index (χ0) is 16.7. The number of ether oxygens (including phenoxy) is 1. The standard InChI is InChI=1S/C16H22N2O4/c1-5-22-16(21)12(4)18-14(19)9-17-15(20)13-7-10(2)6-11(3)8-13/h6-8,12H,5,9H2,1-4H3,(H,17,20)(H,18,19)/t12-/m1/s1. The largest absolute Gasteiger partial charge is 0.464 e. The number of hydrogen-bond donors (Lipinski definition) is 2. The van der Waals surface area contributed by atoms with Gasteiger partial charge in [0.2, 0.25) is 5.91 Å². The van der Waals surface area contributed by atoms with Crippen molar-refractivity contribution in [2.24, 2.45) is 0 Å². The van der Waals surface area contributed by atoms with Gasteiger partial charge in [-0.3, -0.25) is 9.59 Å². The second kappa shape index (κ2) is 8.17. The SMILES string of the molecule is CCOC(=O)[C@@H](C)NC(=O)CNC(=O)c1cc(C)cc(C)c1. The van der Waals surface area contributed by atoms with Crippen LogP contribution in [-0.2, 0) is 14.3 Å². The minimum Gasteiger partial charge on any atom is -0.464 e. The molecule has 0 aromatic heterocycles. The Morgan fingerprint density at radius 2 is 1.73 bits per heavy atom. The summed E-state index contributed by atoms with van der Waals surface area (Å²) in [5.41, 5.74) is 2.46. The Hall–Kier alpha value is -2.37. The average Bonchev–Trinajstić information content (AvgIpc) is 2.43. The molecular weight excluding hydrogens is 284 g/mol. The molecule has 1 aromatic carbocycles. The summed E-state index contributed by atoms with van der Waals surface area (Å²) < 4.78 is 4.78. The van der Waals surface area contributed by atoms with E-state index < -0.39 is 17.9 Å². The molecule has 0 fully saturated rings. The predicted molar refractivity (Wildman–Crippen MR) is 82.5 cm³/mol. The maximum absolute atomic E-state index is 12.0. The Morgan fingerprint density at radius 3 is 2.27 bits per heavy atom. The predicted octanol–water partition coefficient (Wildman–Crippen LogP) is 1.10. The number of benzene rings is 1. The second-order valence-corrected chi connectivity index (χ2v) is 5.10. The van der Waals surface area contributed by atoms with E-state index in [4.69, 9.17) is 4.74 Å². The Bertz CT molecular complexity index is 549. The van der Waals surface area contributed by atoms with Crippen LogP contribution in [0.4, 0.5) is 0 Å². The molecule has 120 valence electrons. The lowest BCUT2D eigenvalue weighted by molar-refractivity contribution is -0.146. The van der Waals surface area contributed by atoms with Crippen LogP contribution in [0.5, 0.6) is 0 Å². The third-order valence-corrected chi connectivity index (χ3v) is 2.91. The van der Waals surface area contributed by atoms with Crippen LogP contribution in [0.2, 0.25) is 0 Å². The van der Waals surface area contributed by atoms with Gasteiger partial charge < -0.3 is 15.4 Å². The third-order valence-electron chi connectivity index (χ3n) is 2.91. The van der Waals surface area contributed by atoms with Crippen molar-refractivity contribution in [2.45, 2.75) is 33.7 Å². The molecule has 0 bridgehead atoms. The minimum atomic E-state index is -0.745. The number of carbonyl (C=O) groups excluding carboxylic acids is 3. The van der Waals surface area contributed by atoms with Gasteiger partial charge in [0, 0.05) is 5.56 Å². The zero-order valence-electron chi connectivity index (χ0n) is 13.4. The number of aryl methyl sites for hydroxylation is 2. The van der Waals surface area contributed by atoms with Crippen LogP contribution < -0.4 is 10.6 Å². The second-order valence-electron chi connectivity index (χ2n) is 5.10. The van der Waals surface area contributed by atoms with Crippen LogP contribution in [0.25, 0.3) is 0 Å². The normalized spacial score (nSPS) is 11.5. The molecule has 1 atom stereocenters. The van der Waals surface area contributed by atoms with E-state index in [1.54, 1.807) is 19.1 Å². The lowest BCUT2D eigenvalue weighted by Gasteiger charge is -2.13. The summed E-state index contributed by atoms with van der Waals surface area (Å²) in [7, 11) is 0. The fraction of sp³-hybridized carbons (Fsp3) is 0.438. The highest BCUT2D eigenvalue weighted by molar-refractivity contribution is 5.97. The van der Waals surface area contributed by atoms with Crippen LogP contribution in [0, 0.1) is 13.8 Å². The van der Waals surface area contributed by atoms with E-state index in [0.717, 1.165) is 11.1 Å². The first-order chi connectivity index (χ1) is 10.3. The Labute approximate surface area is 130 Å². The van der Waals surface area contributed by atoms with Crippen molar-refractivity contribution in [1.82, 2.24) is 10.6 Å². The number of esters is 1. The molecule has 0 saturated heterocycles. The molecule has 1 aromatic rings. The number of carbonyl (C=O) groups is 3. The van der Waals surface area contributed by atoms with E-state index in [2.05, 4.69) is 10.6 Å². The van der Waals surface area contributed by atoms with Crippen LogP contribution in [0.1, 0.15) is 35.3 Å². The Balaban J connectivity index is 2.50. The highest BCUT2D eigenvalue weighted by Crippen LogP contribution is 2.08. The highest BCUT2D eigenvalue weighted by atomic mass is 16.5. The highest BCUT2D eigenvalue weighted by Gasteiger charge is 2.17. The van der Waals surface area contributed by atoms with Gasteiger partial charge in [0.1, 0.15) is 6.04 Å². The molecule has 0 aliphatic rings. The summed E-state index contributed by atoms with van der Waals surface area (Å²) in [5, 5.41) is 4.99. The number of hydrogen-bond acceptors (Lipinski definition) is 4. The minimum absolute atomic E-state index is 0.199. The van der Waals surface area contributed by atoms with Gasteiger partial charge in [0.15, 0.2) is 0 Å². The van der Waals surface area contributed by atoms with Gasteiger partial charge in [-0.2, -0.15) is 0 Å².